The number of hydrogen-bond donors (Lipinski definition) is 1. The van der Waals surface area contributed by atoms with Crippen molar-refractivity contribution in [3.63, 3.8) is 0 Å². The first-order chi connectivity index (χ1) is 7.70. The lowest BCUT2D eigenvalue weighted by Crippen LogP contribution is -2.21. The maximum absolute atomic E-state index is 9.80. The van der Waals surface area contributed by atoms with Crippen LogP contribution in [0.5, 0.6) is 0 Å². The first kappa shape index (κ1) is 12.2. The second-order valence-corrected chi connectivity index (χ2v) is 3.55. The molecule has 0 radical (unpaired) electrons. The standard InChI is InChI=1S/C14H15NO/c1-2-10-14(16,12-15)11-6-9-13-7-4-3-5-8-13/h2-10,16H,11H2,1H3/b9-6+,10-2+/t14-/m0/s1. The van der Waals surface area contributed by atoms with Crippen molar-refractivity contribution in [2.75, 3.05) is 0 Å². The largest absolute Gasteiger partial charge is 0.372 e. The average Bonchev–Trinajstić information content (AvgIpc) is 2.31. The molecule has 82 valence electrons. The van der Waals surface area contributed by atoms with Gasteiger partial charge in [0.2, 0.25) is 0 Å². The third-order valence-electron chi connectivity index (χ3n) is 2.17. The molecule has 0 saturated carbocycles. The second kappa shape index (κ2) is 5.89. The van der Waals surface area contributed by atoms with Crippen LogP contribution in [0.15, 0.2) is 48.6 Å². The molecule has 1 aromatic carbocycles. The lowest BCUT2D eigenvalue weighted by atomic mass is 10.0. The number of aliphatic hydroxyl groups is 1. The maximum Gasteiger partial charge on any atom is 0.173 e. The Bertz CT molecular complexity index is 414. The van der Waals surface area contributed by atoms with E-state index in [2.05, 4.69) is 0 Å². The van der Waals surface area contributed by atoms with Gasteiger partial charge in [-0.2, -0.15) is 5.26 Å². The van der Waals surface area contributed by atoms with Crippen LogP contribution in [0.25, 0.3) is 6.08 Å². The highest BCUT2D eigenvalue weighted by Crippen LogP contribution is 2.13. The Morgan fingerprint density at radius 3 is 2.62 bits per heavy atom. The lowest BCUT2D eigenvalue weighted by Gasteiger charge is -2.12. The Labute approximate surface area is 96.2 Å². The van der Waals surface area contributed by atoms with Gasteiger partial charge in [-0.25, -0.2) is 0 Å². The zero-order valence-corrected chi connectivity index (χ0v) is 9.30. The van der Waals surface area contributed by atoms with Gasteiger partial charge in [0.15, 0.2) is 5.60 Å². The maximum atomic E-state index is 9.80. The van der Waals surface area contributed by atoms with Crippen molar-refractivity contribution in [2.24, 2.45) is 0 Å². The normalized spacial score (nSPS) is 15.1. The van der Waals surface area contributed by atoms with Gasteiger partial charge in [-0.15, -0.1) is 0 Å². The summed E-state index contributed by atoms with van der Waals surface area (Å²) in [5.41, 5.74) is -0.330. The van der Waals surface area contributed by atoms with Crippen LogP contribution in [0, 0.1) is 11.3 Å². The summed E-state index contributed by atoms with van der Waals surface area (Å²) in [6.45, 7) is 1.78. The minimum absolute atomic E-state index is 0.294. The summed E-state index contributed by atoms with van der Waals surface area (Å²) >= 11 is 0. The first-order valence-corrected chi connectivity index (χ1v) is 5.19. The molecule has 0 bridgehead atoms. The molecule has 0 aliphatic heterocycles. The van der Waals surface area contributed by atoms with Crippen molar-refractivity contribution >= 4 is 6.08 Å². The predicted molar refractivity (Wildman–Crippen MR) is 65.5 cm³/mol. The molecular weight excluding hydrogens is 198 g/mol. The summed E-state index contributed by atoms with van der Waals surface area (Å²) in [5, 5.41) is 18.6. The van der Waals surface area contributed by atoms with Crippen molar-refractivity contribution in [3.05, 3.63) is 54.1 Å². The van der Waals surface area contributed by atoms with Crippen LogP contribution in [0.4, 0.5) is 0 Å². The molecule has 0 unspecified atom stereocenters. The van der Waals surface area contributed by atoms with E-state index in [0.717, 1.165) is 5.56 Å². The van der Waals surface area contributed by atoms with Crippen LogP contribution < -0.4 is 0 Å². The molecule has 1 N–H and O–H groups in total. The van der Waals surface area contributed by atoms with E-state index in [0.29, 0.717) is 6.42 Å². The summed E-state index contributed by atoms with van der Waals surface area (Å²) in [6.07, 6.45) is 7.18. The van der Waals surface area contributed by atoms with Gasteiger partial charge in [-0.05, 0) is 18.6 Å². The highest BCUT2D eigenvalue weighted by molar-refractivity contribution is 5.49. The predicted octanol–water partition coefficient (Wildman–Crippen LogP) is 2.92. The average molecular weight is 213 g/mol. The van der Waals surface area contributed by atoms with Crippen LogP contribution in [-0.2, 0) is 0 Å². The number of allylic oxidation sites excluding steroid dienone is 1. The van der Waals surface area contributed by atoms with E-state index in [1.165, 1.54) is 6.08 Å². The number of nitriles is 1. The van der Waals surface area contributed by atoms with Gasteiger partial charge in [0.1, 0.15) is 6.07 Å². The number of hydrogen-bond acceptors (Lipinski definition) is 2. The van der Waals surface area contributed by atoms with Crippen molar-refractivity contribution in [1.29, 1.82) is 5.26 Å². The summed E-state index contributed by atoms with van der Waals surface area (Å²) in [4.78, 5) is 0. The van der Waals surface area contributed by atoms with Gasteiger partial charge < -0.3 is 5.11 Å². The fourth-order valence-electron chi connectivity index (χ4n) is 1.37. The van der Waals surface area contributed by atoms with E-state index in [9.17, 15) is 5.11 Å². The second-order valence-electron chi connectivity index (χ2n) is 3.55. The molecule has 0 aliphatic rings. The summed E-state index contributed by atoms with van der Waals surface area (Å²) < 4.78 is 0. The van der Waals surface area contributed by atoms with Crippen LogP contribution in [0.1, 0.15) is 18.9 Å². The topological polar surface area (TPSA) is 44.0 Å². The number of nitrogens with zero attached hydrogens (tertiary/aromatic N) is 1. The lowest BCUT2D eigenvalue weighted by molar-refractivity contribution is 0.154. The molecule has 0 saturated heterocycles. The zero-order valence-electron chi connectivity index (χ0n) is 9.30. The van der Waals surface area contributed by atoms with Crippen molar-refractivity contribution in [2.45, 2.75) is 18.9 Å². The van der Waals surface area contributed by atoms with Crippen LogP contribution in [0.2, 0.25) is 0 Å². The Morgan fingerprint density at radius 1 is 1.38 bits per heavy atom. The summed E-state index contributed by atoms with van der Waals surface area (Å²) in [7, 11) is 0. The Kier molecular flexibility index (Phi) is 4.50. The van der Waals surface area contributed by atoms with Crippen LogP contribution in [0.3, 0.4) is 0 Å². The number of rotatable bonds is 4. The fourth-order valence-corrected chi connectivity index (χ4v) is 1.37. The molecular formula is C14H15NO. The van der Waals surface area contributed by atoms with E-state index in [4.69, 9.17) is 5.26 Å². The monoisotopic (exact) mass is 213 g/mol. The van der Waals surface area contributed by atoms with Gasteiger partial charge in [-0.1, -0.05) is 48.6 Å². The quantitative estimate of drug-likeness (QED) is 0.617. The van der Waals surface area contributed by atoms with E-state index in [-0.39, 0.29) is 0 Å². The van der Waals surface area contributed by atoms with Gasteiger partial charge in [0, 0.05) is 6.42 Å². The molecule has 2 nitrogen and oxygen atoms in total. The van der Waals surface area contributed by atoms with Crippen molar-refractivity contribution in [1.82, 2.24) is 0 Å². The number of benzene rings is 1. The van der Waals surface area contributed by atoms with Gasteiger partial charge in [-0.3, -0.25) is 0 Å². The minimum Gasteiger partial charge on any atom is -0.372 e. The molecule has 1 aromatic rings. The van der Waals surface area contributed by atoms with Crippen molar-refractivity contribution in [3.8, 4) is 6.07 Å². The molecule has 0 aliphatic carbocycles. The first-order valence-electron chi connectivity index (χ1n) is 5.19. The van der Waals surface area contributed by atoms with Gasteiger partial charge >= 0.3 is 0 Å². The smallest absolute Gasteiger partial charge is 0.173 e. The summed E-state index contributed by atoms with van der Waals surface area (Å²) in [6, 6.07) is 11.7. The summed E-state index contributed by atoms with van der Waals surface area (Å²) in [5.74, 6) is 0. The van der Waals surface area contributed by atoms with E-state index < -0.39 is 5.60 Å². The molecule has 1 rings (SSSR count). The SMILES string of the molecule is C/C=C/[C@@](O)(C#N)C/C=C/c1ccccc1. The molecule has 0 aromatic heterocycles. The highest BCUT2D eigenvalue weighted by atomic mass is 16.3. The van der Waals surface area contributed by atoms with Crippen LogP contribution in [-0.4, -0.2) is 10.7 Å². The van der Waals surface area contributed by atoms with Crippen molar-refractivity contribution < 1.29 is 5.11 Å². The molecule has 0 amide bonds. The molecule has 0 heterocycles. The Balaban J connectivity index is 2.64. The Morgan fingerprint density at radius 2 is 2.06 bits per heavy atom. The molecule has 16 heavy (non-hydrogen) atoms. The third kappa shape index (κ3) is 3.72. The zero-order chi connectivity index (χ0) is 11.9. The molecule has 0 fully saturated rings. The minimum atomic E-state index is -1.39. The van der Waals surface area contributed by atoms with E-state index in [1.807, 2.05) is 42.5 Å². The van der Waals surface area contributed by atoms with Gasteiger partial charge in [0.25, 0.3) is 0 Å². The highest BCUT2D eigenvalue weighted by Gasteiger charge is 2.19. The molecule has 0 spiro atoms. The van der Waals surface area contributed by atoms with Gasteiger partial charge in [0.05, 0.1) is 0 Å². The van der Waals surface area contributed by atoms with Crippen LogP contribution >= 0.6 is 0 Å². The fraction of sp³-hybridized carbons (Fsp3) is 0.214. The molecule has 2 heteroatoms. The molecule has 1 atom stereocenters. The third-order valence-corrected chi connectivity index (χ3v) is 2.17. The van der Waals surface area contributed by atoms with E-state index in [1.54, 1.807) is 19.1 Å². The van der Waals surface area contributed by atoms with E-state index >= 15 is 0 Å². The Hall–Kier alpha value is -1.85.